The normalized spacial score (nSPS) is 9.65. The van der Waals surface area contributed by atoms with E-state index in [0.717, 1.165) is 0 Å². The van der Waals surface area contributed by atoms with Crippen molar-refractivity contribution in [3.05, 3.63) is 47.0 Å². The summed E-state index contributed by atoms with van der Waals surface area (Å²) in [4.78, 5) is 26.1. The first kappa shape index (κ1) is 10.8. The maximum absolute atomic E-state index is 11.5. The van der Waals surface area contributed by atoms with E-state index in [4.69, 9.17) is 0 Å². The fourth-order valence-corrected chi connectivity index (χ4v) is 1.13. The van der Waals surface area contributed by atoms with Crippen molar-refractivity contribution < 1.29 is 4.79 Å². The van der Waals surface area contributed by atoms with E-state index in [9.17, 15) is 9.59 Å². The first-order chi connectivity index (χ1) is 8.24. The molecule has 0 radical (unpaired) electrons. The molecule has 86 valence electrons. The quantitative estimate of drug-likeness (QED) is 0.712. The van der Waals surface area contributed by atoms with Crippen LogP contribution in [-0.2, 0) is 0 Å². The number of carbonyl (C=O) groups is 1. The topological polar surface area (TPSA) is 99.8 Å². The van der Waals surface area contributed by atoms with Crippen LogP contribution in [0.25, 0.3) is 0 Å². The average Bonchev–Trinajstić information content (AvgIpc) is 2.33. The molecular formula is C10H9N5O2. The van der Waals surface area contributed by atoms with Crippen molar-refractivity contribution in [2.45, 2.75) is 0 Å². The Morgan fingerprint density at radius 3 is 2.76 bits per heavy atom. The van der Waals surface area contributed by atoms with E-state index < -0.39 is 6.03 Å². The van der Waals surface area contributed by atoms with Crippen molar-refractivity contribution in [1.29, 1.82) is 0 Å². The van der Waals surface area contributed by atoms with E-state index >= 15 is 0 Å². The summed E-state index contributed by atoms with van der Waals surface area (Å²) in [6.45, 7) is 0. The molecule has 0 spiro atoms. The van der Waals surface area contributed by atoms with Gasteiger partial charge in [-0.05, 0) is 18.2 Å². The number of nitrogens with zero attached hydrogens (tertiary/aromatic N) is 2. The Morgan fingerprint density at radius 2 is 2.12 bits per heavy atom. The molecule has 0 saturated heterocycles. The van der Waals surface area contributed by atoms with Crippen molar-refractivity contribution in [2.75, 3.05) is 10.6 Å². The molecule has 0 aliphatic carbocycles. The van der Waals surface area contributed by atoms with Crippen LogP contribution in [0.5, 0.6) is 0 Å². The Labute approximate surface area is 95.9 Å². The van der Waals surface area contributed by atoms with E-state index in [1.807, 2.05) is 0 Å². The van der Waals surface area contributed by atoms with Crippen molar-refractivity contribution in [2.24, 2.45) is 0 Å². The number of pyridine rings is 1. The van der Waals surface area contributed by atoms with Crippen LogP contribution in [0.2, 0.25) is 0 Å². The minimum absolute atomic E-state index is 0.256. The molecule has 3 N–H and O–H groups in total. The lowest BCUT2D eigenvalue weighted by atomic mass is 10.4. The maximum atomic E-state index is 11.5. The molecule has 0 aromatic carbocycles. The summed E-state index contributed by atoms with van der Waals surface area (Å²) < 4.78 is 0. The van der Waals surface area contributed by atoms with Crippen LogP contribution in [0.1, 0.15) is 0 Å². The third-order valence-corrected chi connectivity index (χ3v) is 1.84. The number of carbonyl (C=O) groups excluding carboxylic acids is 1. The molecule has 2 heterocycles. The number of amides is 2. The van der Waals surface area contributed by atoms with Crippen LogP contribution in [0, 0.1) is 0 Å². The Bertz CT molecular complexity index is 546. The molecule has 0 aliphatic heterocycles. The number of urea groups is 1. The third kappa shape index (κ3) is 3.13. The van der Waals surface area contributed by atoms with E-state index in [1.54, 1.807) is 18.3 Å². The van der Waals surface area contributed by atoms with Gasteiger partial charge in [0.05, 0.1) is 11.9 Å². The lowest BCUT2D eigenvalue weighted by Gasteiger charge is -2.05. The van der Waals surface area contributed by atoms with Crippen molar-refractivity contribution in [1.82, 2.24) is 15.2 Å². The standard InChI is InChI=1S/C10H9N5O2/c16-9-4-3-8(14-15-9)13-10(17)12-7-2-1-5-11-6-7/h1-6H,(H,15,16)(H2,12,13,14,17). The zero-order chi connectivity index (χ0) is 12.1. The smallest absolute Gasteiger partial charge is 0.306 e. The molecule has 0 bridgehead atoms. The van der Waals surface area contributed by atoms with Gasteiger partial charge in [-0.1, -0.05) is 0 Å². The summed E-state index contributed by atoms with van der Waals surface area (Å²) >= 11 is 0. The summed E-state index contributed by atoms with van der Waals surface area (Å²) in [5, 5.41) is 10.9. The number of hydrogen-bond donors (Lipinski definition) is 3. The average molecular weight is 231 g/mol. The van der Waals surface area contributed by atoms with Gasteiger partial charge in [-0.2, -0.15) is 5.10 Å². The van der Waals surface area contributed by atoms with Gasteiger partial charge in [0.2, 0.25) is 0 Å². The van der Waals surface area contributed by atoms with Crippen LogP contribution in [-0.4, -0.2) is 21.2 Å². The molecule has 0 fully saturated rings. The number of nitrogens with one attached hydrogen (secondary N) is 3. The summed E-state index contributed by atoms with van der Waals surface area (Å²) in [5.74, 6) is 0.256. The van der Waals surface area contributed by atoms with Gasteiger partial charge in [-0.3, -0.25) is 15.1 Å². The molecule has 17 heavy (non-hydrogen) atoms. The Hall–Kier alpha value is -2.70. The molecule has 2 aromatic heterocycles. The fraction of sp³-hybridized carbons (Fsp3) is 0. The van der Waals surface area contributed by atoms with Gasteiger partial charge in [0, 0.05) is 12.3 Å². The molecule has 0 saturated carbocycles. The monoisotopic (exact) mass is 231 g/mol. The second-order valence-corrected chi connectivity index (χ2v) is 3.13. The highest BCUT2D eigenvalue weighted by molar-refractivity contribution is 5.98. The summed E-state index contributed by atoms with van der Waals surface area (Å²) in [5.41, 5.74) is 0.234. The van der Waals surface area contributed by atoms with Crippen LogP contribution < -0.4 is 16.2 Å². The van der Waals surface area contributed by atoms with Gasteiger partial charge < -0.3 is 5.32 Å². The van der Waals surface area contributed by atoms with Gasteiger partial charge in [0.1, 0.15) is 0 Å². The number of rotatable bonds is 2. The predicted octanol–water partition coefficient (Wildman–Crippen LogP) is 0.809. The van der Waals surface area contributed by atoms with Gasteiger partial charge in [-0.25, -0.2) is 9.89 Å². The van der Waals surface area contributed by atoms with Crippen LogP contribution >= 0.6 is 0 Å². The SMILES string of the molecule is O=C(Nc1cccnc1)Nc1ccc(=O)[nH]n1. The Morgan fingerprint density at radius 1 is 1.24 bits per heavy atom. The molecular weight excluding hydrogens is 222 g/mol. The maximum Gasteiger partial charge on any atom is 0.324 e. The van der Waals surface area contributed by atoms with E-state index in [2.05, 4.69) is 25.8 Å². The Balaban J connectivity index is 1.98. The minimum atomic E-state index is -0.461. The number of H-pyrrole nitrogens is 1. The number of anilines is 2. The second-order valence-electron chi connectivity index (χ2n) is 3.13. The van der Waals surface area contributed by atoms with Crippen molar-refractivity contribution in [3.8, 4) is 0 Å². The lowest BCUT2D eigenvalue weighted by Crippen LogP contribution is -2.21. The lowest BCUT2D eigenvalue weighted by molar-refractivity contribution is 0.262. The minimum Gasteiger partial charge on any atom is -0.306 e. The van der Waals surface area contributed by atoms with Gasteiger partial charge in [-0.15, -0.1) is 0 Å². The first-order valence-corrected chi connectivity index (χ1v) is 4.78. The molecule has 2 rings (SSSR count). The Kier molecular flexibility index (Phi) is 3.10. The molecule has 0 atom stereocenters. The third-order valence-electron chi connectivity index (χ3n) is 1.84. The predicted molar refractivity (Wildman–Crippen MR) is 61.7 cm³/mol. The van der Waals surface area contributed by atoms with Crippen LogP contribution in [0.3, 0.4) is 0 Å². The zero-order valence-corrected chi connectivity index (χ0v) is 8.68. The van der Waals surface area contributed by atoms with Gasteiger partial charge in [0.25, 0.3) is 5.56 Å². The largest absolute Gasteiger partial charge is 0.324 e. The second kappa shape index (κ2) is 4.88. The van der Waals surface area contributed by atoms with Gasteiger partial charge in [0.15, 0.2) is 5.82 Å². The zero-order valence-electron chi connectivity index (χ0n) is 8.68. The molecule has 2 aromatic rings. The summed E-state index contributed by atoms with van der Waals surface area (Å²) in [6, 6.07) is 5.62. The van der Waals surface area contributed by atoms with Crippen molar-refractivity contribution >= 4 is 17.5 Å². The highest BCUT2D eigenvalue weighted by Gasteiger charge is 2.02. The molecule has 0 aliphatic rings. The molecule has 7 heteroatoms. The summed E-state index contributed by atoms with van der Waals surface area (Å²) in [6.07, 6.45) is 3.12. The molecule has 7 nitrogen and oxygen atoms in total. The van der Waals surface area contributed by atoms with Crippen molar-refractivity contribution in [3.63, 3.8) is 0 Å². The van der Waals surface area contributed by atoms with Gasteiger partial charge >= 0.3 is 6.03 Å². The summed E-state index contributed by atoms with van der Waals surface area (Å²) in [7, 11) is 0. The highest BCUT2D eigenvalue weighted by atomic mass is 16.2. The number of aromatic nitrogens is 3. The number of hydrogen-bond acceptors (Lipinski definition) is 4. The first-order valence-electron chi connectivity index (χ1n) is 4.78. The van der Waals surface area contributed by atoms with E-state index in [0.29, 0.717) is 5.69 Å². The molecule has 0 unspecified atom stereocenters. The highest BCUT2D eigenvalue weighted by Crippen LogP contribution is 2.04. The van der Waals surface area contributed by atoms with Crippen LogP contribution in [0.4, 0.5) is 16.3 Å². The number of aromatic amines is 1. The van der Waals surface area contributed by atoms with E-state index in [1.165, 1.54) is 18.3 Å². The molecule has 2 amide bonds. The van der Waals surface area contributed by atoms with Crippen LogP contribution in [0.15, 0.2) is 41.5 Å². The van der Waals surface area contributed by atoms with E-state index in [-0.39, 0.29) is 11.4 Å². The fourth-order valence-electron chi connectivity index (χ4n) is 1.13.